The van der Waals surface area contributed by atoms with E-state index in [1.165, 1.54) is 37.8 Å². The van der Waals surface area contributed by atoms with E-state index in [9.17, 15) is 13.2 Å². The largest absolute Gasteiger partial charge is 0.416 e. The molecule has 0 unspecified atom stereocenters. The molecular weight excluding hydrogens is 303 g/mol. The molecule has 2 aliphatic rings. The molecule has 1 spiro atoms. The summed E-state index contributed by atoms with van der Waals surface area (Å²) < 4.78 is 37.7. The summed E-state index contributed by atoms with van der Waals surface area (Å²) >= 11 is 0. The van der Waals surface area contributed by atoms with Crippen LogP contribution in [0.25, 0.3) is 0 Å². The number of nitrogens with zero attached hydrogens (tertiary/aromatic N) is 2. The molecule has 2 fully saturated rings. The van der Waals surface area contributed by atoms with Crippen LogP contribution >= 0.6 is 0 Å². The highest BCUT2D eigenvalue weighted by Crippen LogP contribution is 2.47. The van der Waals surface area contributed by atoms with Crippen LogP contribution in [0.2, 0.25) is 0 Å². The van der Waals surface area contributed by atoms with E-state index in [0.717, 1.165) is 36.7 Å². The maximum atomic E-state index is 12.6. The normalized spacial score (nSPS) is 20.7. The quantitative estimate of drug-likeness (QED) is 0.664. The minimum atomic E-state index is -4.28. The van der Waals surface area contributed by atoms with Crippen LogP contribution in [0.1, 0.15) is 36.8 Å². The fourth-order valence-corrected chi connectivity index (χ4v) is 3.53. The van der Waals surface area contributed by atoms with Crippen LogP contribution < -0.4 is 5.32 Å². The Bertz CT molecular complexity index is 574. The topological polar surface area (TPSA) is 27.6 Å². The first kappa shape index (κ1) is 16.1. The van der Waals surface area contributed by atoms with E-state index >= 15 is 0 Å². The Balaban J connectivity index is 1.56. The van der Waals surface area contributed by atoms with Gasteiger partial charge in [0.1, 0.15) is 0 Å². The molecule has 6 heteroatoms. The van der Waals surface area contributed by atoms with Gasteiger partial charge in [-0.3, -0.25) is 4.99 Å². The molecule has 1 aliphatic heterocycles. The molecule has 0 radical (unpaired) electrons. The molecule has 1 N–H and O–H groups in total. The molecule has 126 valence electrons. The van der Waals surface area contributed by atoms with E-state index in [0.29, 0.717) is 12.0 Å². The van der Waals surface area contributed by atoms with Crippen molar-refractivity contribution in [1.82, 2.24) is 10.2 Å². The number of aliphatic imine (C=N–C) groups is 1. The van der Waals surface area contributed by atoms with Gasteiger partial charge in [0.15, 0.2) is 5.96 Å². The molecule has 1 aromatic carbocycles. The van der Waals surface area contributed by atoms with Crippen LogP contribution in [-0.2, 0) is 12.7 Å². The minimum absolute atomic E-state index is 0.480. The van der Waals surface area contributed by atoms with Gasteiger partial charge < -0.3 is 10.2 Å². The Morgan fingerprint density at radius 3 is 2.39 bits per heavy atom. The Labute approximate surface area is 134 Å². The molecule has 1 heterocycles. The van der Waals surface area contributed by atoms with E-state index in [1.54, 1.807) is 7.05 Å². The van der Waals surface area contributed by atoms with Crippen molar-refractivity contribution in [2.45, 2.75) is 38.4 Å². The Morgan fingerprint density at radius 1 is 1.22 bits per heavy atom. The fourth-order valence-electron chi connectivity index (χ4n) is 3.53. The van der Waals surface area contributed by atoms with Crippen molar-refractivity contribution in [1.29, 1.82) is 0 Å². The van der Waals surface area contributed by atoms with Crippen molar-refractivity contribution in [3.05, 3.63) is 35.4 Å². The summed E-state index contributed by atoms with van der Waals surface area (Å²) in [6, 6.07) is 5.28. The summed E-state index contributed by atoms with van der Waals surface area (Å²) in [5.74, 6) is 0.841. The van der Waals surface area contributed by atoms with Crippen molar-refractivity contribution < 1.29 is 13.2 Å². The predicted molar refractivity (Wildman–Crippen MR) is 84.1 cm³/mol. The molecule has 1 saturated heterocycles. The second kappa shape index (κ2) is 6.06. The lowest BCUT2D eigenvalue weighted by Crippen LogP contribution is -2.42. The van der Waals surface area contributed by atoms with Crippen molar-refractivity contribution in [2.24, 2.45) is 10.4 Å². The van der Waals surface area contributed by atoms with Crippen LogP contribution in [0, 0.1) is 5.41 Å². The Hall–Kier alpha value is -1.72. The third-order valence-corrected chi connectivity index (χ3v) is 5.10. The third-order valence-electron chi connectivity index (χ3n) is 5.10. The molecule has 0 aromatic heterocycles. The van der Waals surface area contributed by atoms with Crippen LogP contribution in [0.15, 0.2) is 29.3 Å². The Morgan fingerprint density at radius 2 is 1.91 bits per heavy atom. The van der Waals surface area contributed by atoms with Crippen LogP contribution in [0.3, 0.4) is 0 Å². The highest BCUT2D eigenvalue weighted by molar-refractivity contribution is 5.80. The summed E-state index contributed by atoms with van der Waals surface area (Å²) in [5.41, 5.74) is 0.695. The number of halogens is 3. The van der Waals surface area contributed by atoms with E-state index in [1.807, 2.05) is 0 Å². The minimum Gasteiger partial charge on any atom is -0.352 e. The first-order chi connectivity index (χ1) is 10.9. The molecule has 0 bridgehead atoms. The summed E-state index contributed by atoms with van der Waals surface area (Å²) in [5, 5.41) is 3.27. The zero-order chi connectivity index (χ0) is 16.5. The van der Waals surface area contributed by atoms with Crippen LogP contribution in [0.5, 0.6) is 0 Å². The average Bonchev–Trinajstić information content (AvgIpc) is 2.93. The second-order valence-corrected chi connectivity index (χ2v) is 6.62. The van der Waals surface area contributed by atoms with Gasteiger partial charge in [-0.1, -0.05) is 18.6 Å². The molecule has 0 amide bonds. The monoisotopic (exact) mass is 325 g/mol. The SMILES string of the molecule is CN=C(NCc1ccc(C(F)(F)F)cc1)N1CCC2(CCC2)C1. The summed E-state index contributed by atoms with van der Waals surface area (Å²) in [7, 11) is 1.75. The first-order valence-electron chi connectivity index (χ1n) is 8.04. The summed E-state index contributed by atoms with van der Waals surface area (Å²) in [4.78, 5) is 6.58. The number of alkyl halides is 3. The summed E-state index contributed by atoms with van der Waals surface area (Å²) in [6.45, 7) is 2.53. The van der Waals surface area contributed by atoms with Crippen molar-refractivity contribution in [3.63, 3.8) is 0 Å². The molecular formula is C17H22F3N3. The smallest absolute Gasteiger partial charge is 0.352 e. The lowest BCUT2D eigenvalue weighted by molar-refractivity contribution is -0.137. The molecule has 1 aliphatic carbocycles. The molecule has 3 rings (SSSR count). The van der Waals surface area contributed by atoms with Gasteiger partial charge in [0.05, 0.1) is 5.56 Å². The number of nitrogens with one attached hydrogen (secondary N) is 1. The van der Waals surface area contributed by atoms with Crippen molar-refractivity contribution in [3.8, 4) is 0 Å². The van der Waals surface area contributed by atoms with Crippen LogP contribution in [0.4, 0.5) is 13.2 Å². The van der Waals surface area contributed by atoms with Gasteiger partial charge in [-0.15, -0.1) is 0 Å². The standard InChI is InChI=1S/C17H22F3N3/c1-21-15(23-10-9-16(12-23)7-2-8-16)22-11-13-3-5-14(6-4-13)17(18,19)20/h3-6H,2,7-12H2,1H3,(H,21,22). The Kier molecular flexibility index (Phi) is 4.25. The molecule has 1 aromatic rings. The molecule has 0 atom stereocenters. The maximum absolute atomic E-state index is 12.6. The van der Waals surface area contributed by atoms with E-state index < -0.39 is 11.7 Å². The van der Waals surface area contributed by atoms with Crippen molar-refractivity contribution >= 4 is 5.96 Å². The van der Waals surface area contributed by atoms with Gasteiger partial charge in [0.2, 0.25) is 0 Å². The number of likely N-dealkylation sites (tertiary alicyclic amines) is 1. The third kappa shape index (κ3) is 3.46. The zero-order valence-corrected chi connectivity index (χ0v) is 13.3. The van der Waals surface area contributed by atoms with E-state index in [4.69, 9.17) is 0 Å². The number of guanidine groups is 1. The zero-order valence-electron chi connectivity index (χ0n) is 13.3. The lowest BCUT2D eigenvalue weighted by atomic mass is 9.68. The number of hydrogen-bond acceptors (Lipinski definition) is 1. The predicted octanol–water partition coefficient (Wildman–Crippen LogP) is 3.66. The van der Waals surface area contributed by atoms with Gasteiger partial charge >= 0.3 is 6.18 Å². The first-order valence-corrected chi connectivity index (χ1v) is 8.04. The van der Waals surface area contributed by atoms with Crippen LogP contribution in [-0.4, -0.2) is 31.0 Å². The van der Waals surface area contributed by atoms with Gasteiger partial charge in [0, 0.05) is 26.7 Å². The highest BCUT2D eigenvalue weighted by atomic mass is 19.4. The van der Waals surface area contributed by atoms with Crippen molar-refractivity contribution in [2.75, 3.05) is 20.1 Å². The van der Waals surface area contributed by atoms with Gasteiger partial charge in [0.25, 0.3) is 0 Å². The fraction of sp³-hybridized carbons (Fsp3) is 0.588. The van der Waals surface area contributed by atoms with Gasteiger partial charge in [-0.2, -0.15) is 13.2 Å². The van der Waals surface area contributed by atoms with Gasteiger partial charge in [-0.25, -0.2) is 0 Å². The van der Waals surface area contributed by atoms with E-state index in [-0.39, 0.29) is 0 Å². The number of hydrogen-bond donors (Lipinski definition) is 1. The second-order valence-electron chi connectivity index (χ2n) is 6.62. The summed E-state index contributed by atoms with van der Waals surface area (Å²) in [6.07, 6.45) is 0.868. The number of benzene rings is 1. The maximum Gasteiger partial charge on any atom is 0.416 e. The molecule has 1 saturated carbocycles. The highest BCUT2D eigenvalue weighted by Gasteiger charge is 2.43. The molecule has 3 nitrogen and oxygen atoms in total. The lowest BCUT2D eigenvalue weighted by Gasteiger charge is -2.38. The number of rotatable bonds is 2. The average molecular weight is 325 g/mol. The van der Waals surface area contributed by atoms with E-state index in [2.05, 4.69) is 15.2 Å². The molecule has 23 heavy (non-hydrogen) atoms. The van der Waals surface area contributed by atoms with Gasteiger partial charge in [-0.05, 0) is 42.4 Å².